The van der Waals surface area contributed by atoms with Crippen LogP contribution in [-0.4, -0.2) is 18.9 Å². The zero-order valence-electron chi connectivity index (χ0n) is 11.6. The van der Waals surface area contributed by atoms with E-state index in [4.69, 9.17) is 0 Å². The lowest BCUT2D eigenvalue weighted by Crippen LogP contribution is -2.00. The maximum atomic E-state index is 11.6. The van der Waals surface area contributed by atoms with Crippen LogP contribution in [0.4, 0.5) is 0 Å². The van der Waals surface area contributed by atoms with Crippen molar-refractivity contribution in [1.82, 2.24) is 0 Å². The Bertz CT molecular complexity index is 552. The lowest BCUT2D eigenvalue weighted by molar-refractivity contribution is 0.0600. The van der Waals surface area contributed by atoms with Crippen LogP contribution in [0.1, 0.15) is 34.1 Å². The average molecular weight is 268 g/mol. The third kappa shape index (κ3) is 2.94. The van der Waals surface area contributed by atoms with E-state index in [1.54, 1.807) is 12.1 Å². The molecule has 2 aromatic carbocycles. The Morgan fingerprint density at radius 2 is 1.30 bits per heavy atom. The van der Waals surface area contributed by atoms with Crippen LogP contribution in [0.2, 0.25) is 0 Å². The van der Waals surface area contributed by atoms with Gasteiger partial charge in [-0.3, -0.25) is 4.79 Å². The van der Waals surface area contributed by atoms with Gasteiger partial charge in [0.05, 0.1) is 12.7 Å². The number of ether oxygens (including phenoxy) is 1. The summed E-state index contributed by atoms with van der Waals surface area (Å²) < 4.78 is 4.66. The van der Waals surface area contributed by atoms with Crippen molar-refractivity contribution in [2.75, 3.05) is 7.11 Å². The summed E-state index contributed by atoms with van der Waals surface area (Å²) in [5.41, 5.74) is 3.25. The zero-order valence-corrected chi connectivity index (χ0v) is 11.6. The maximum absolute atomic E-state index is 11.6. The van der Waals surface area contributed by atoms with Crippen LogP contribution < -0.4 is 0 Å². The van der Waals surface area contributed by atoms with Gasteiger partial charge in [-0.05, 0) is 23.3 Å². The molecule has 0 fully saturated rings. The van der Waals surface area contributed by atoms with Crippen LogP contribution in [0.25, 0.3) is 11.1 Å². The molecule has 3 heteroatoms. The molecular formula is C17H16O3. The van der Waals surface area contributed by atoms with E-state index in [1.165, 1.54) is 7.11 Å². The quantitative estimate of drug-likeness (QED) is 0.626. The number of hydrogen-bond donors (Lipinski definition) is 0. The third-order valence-corrected chi connectivity index (χ3v) is 3.17. The molecule has 0 spiro atoms. The minimum atomic E-state index is -0.347. The van der Waals surface area contributed by atoms with Crippen molar-refractivity contribution in [2.45, 2.75) is 13.3 Å². The summed E-state index contributed by atoms with van der Waals surface area (Å²) in [6.07, 6.45) is 0.507. The van der Waals surface area contributed by atoms with Gasteiger partial charge in [0.1, 0.15) is 0 Å². The monoisotopic (exact) mass is 268 g/mol. The molecule has 0 aromatic heterocycles. The number of esters is 1. The number of ketones is 1. The van der Waals surface area contributed by atoms with E-state index < -0.39 is 0 Å². The van der Waals surface area contributed by atoms with Gasteiger partial charge in [0, 0.05) is 12.0 Å². The standard InChI is InChI=1S/C17H16O3/c1-3-16(18)14-8-4-12(5-9-14)13-6-10-15(11-7-13)17(19)20-2/h4-11H,3H2,1-2H3. The van der Waals surface area contributed by atoms with Crippen LogP contribution in [0, 0.1) is 0 Å². The molecule has 0 amide bonds. The van der Waals surface area contributed by atoms with E-state index in [9.17, 15) is 9.59 Å². The van der Waals surface area contributed by atoms with Gasteiger partial charge < -0.3 is 4.74 Å². The first-order valence-corrected chi connectivity index (χ1v) is 6.47. The fourth-order valence-corrected chi connectivity index (χ4v) is 1.97. The fourth-order valence-electron chi connectivity index (χ4n) is 1.97. The second-order valence-electron chi connectivity index (χ2n) is 4.42. The van der Waals surface area contributed by atoms with E-state index >= 15 is 0 Å². The molecule has 0 unspecified atom stereocenters. The largest absolute Gasteiger partial charge is 0.465 e. The van der Waals surface area contributed by atoms with Gasteiger partial charge in [-0.25, -0.2) is 4.79 Å². The minimum absolute atomic E-state index is 0.137. The number of carbonyl (C=O) groups excluding carboxylic acids is 2. The van der Waals surface area contributed by atoms with Crippen LogP contribution >= 0.6 is 0 Å². The molecule has 0 saturated carbocycles. The Hall–Kier alpha value is -2.42. The predicted octanol–water partition coefficient (Wildman–Crippen LogP) is 3.73. The second kappa shape index (κ2) is 6.15. The zero-order chi connectivity index (χ0) is 14.5. The summed E-state index contributed by atoms with van der Waals surface area (Å²) in [6.45, 7) is 1.85. The molecule has 0 heterocycles. The van der Waals surface area contributed by atoms with Crippen molar-refractivity contribution in [2.24, 2.45) is 0 Å². The third-order valence-electron chi connectivity index (χ3n) is 3.17. The Balaban J connectivity index is 2.23. The molecule has 0 aliphatic rings. The van der Waals surface area contributed by atoms with Gasteiger partial charge in [-0.1, -0.05) is 43.3 Å². The van der Waals surface area contributed by atoms with E-state index in [-0.39, 0.29) is 11.8 Å². The molecule has 0 aliphatic heterocycles. The molecule has 0 radical (unpaired) electrons. The van der Waals surface area contributed by atoms with Gasteiger partial charge in [-0.2, -0.15) is 0 Å². The number of Topliss-reactive ketones (excluding diaryl/α,β-unsaturated/α-hetero) is 1. The topological polar surface area (TPSA) is 43.4 Å². The number of carbonyl (C=O) groups is 2. The Morgan fingerprint density at radius 1 is 0.850 bits per heavy atom. The van der Waals surface area contributed by atoms with Crippen molar-refractivity contribution in [1.29, 1.82) is 0 Å². The Labute approximate surface area is 118 Å². The van der Waals surface area contributed by atoms with Crippen LogP contribution in [0.15, 0.2) is 48.5 Å². The summed E-state index contributed by atoms with van der Waals surface area (Å²) in [5.74, 6) is -0.210. The lowest BCUT2D eigenvalue weighted by atomic mass is 10.0. The maximum Gasteiger partial charge on any atom is 0.337 e. The highest BCUT2D eigenvalue weighted by Crippen LogP contribution is 2.21. The van der Waals surface area contributed by atoms with E-state index in [0.29, 0.717) is 12.0 Å². The van der Waals surface area contributed by atoms with E-state index in [2.05, 4.69) is 4.74 Å². The minimum Gasteiger partial charge on any atom is -0.465 e. The first kappa shape index (κ1) is 14.0. The molecule has 0 N–H and O–H groups in total. The first-order chi connectivity index (χ1) is 9.65. The van der Waals surface area contributed by atoms with E-state index in [0.717, 1.165) is 16.7 Å². The van der Waals surface area contributed by atoms with Crippen LogP contribution in [-0.2, 0) is 4.74 Å². The van der Waals surface area contributed by atoms with Crippen LogP contribution in [0.3, 0.4) is 0 Å². The van der Waals surface area contributed by atoms with Gasteiger partial charge >= 0.3 is 5.97 Å². The highest BCUT2D eigenvalue weighted by Gasteiger charge is 2.06. The summed E-state index contributed by atoms with van der Waals surface area (Å²) in [7, 11) is 1.36. The average Bonchev–Trinajstić information content (AvgIpc) is 2.53. The predicted molar refractivity (Wildman–Crippen MR) is 77.8 cm³/mol. The fraction of sp³-hybridized carbons (Fsp3) is 0.176. The van der Waals surface area contributed by atoms with Gasteiger partial charge in [-0.15, -0.1) is 0 Å². The molecular weight excluding hydrogens is 252 g/mol. The highest BCUT2D eigenvalue weighted by molar-refractivity contribution is 5.96. The lowest BCUT2D eigenvalue weighted by Gasteiger charge is -2.05. The molecule has 0 aliphatic carbocycles. The molecule has 3 nitrogen and oxygen atoms in total. The first-order valence-electron chi connectivity index (χ1n) is 6.47. The van der Waals surface area contributed by atoms with Gasteiger partial charge in [0.2, 0.25) is 0 Å². The molecule has 20 heavy (non-hydrogen) atoms. The molecule has 2 aromatic rings. The summed E-state index contributed by atoms with van der Waals surface area (Å²) in [6, 6.07) is 14.7. The Morgan fingerprint density at radius 3 is 1.70 bits per heavy atom. The summed E-state index contributed by atoms with van der Waals surface area (Å²) in [5, 5.41) is 0. The molecule has 0 saturated heterocycles. The SMILES string of the molecule is CCC(=O)c1ccc(-c2ccc(C(=O)OC)cc2)cc1. The summed E-state index contributed by atoms with van der Waals surface area (Å²) >= 11 is 0. The van der Waals surface area contributed by atoms with Crippen molar-refractivity contribution in [3.63, 3.8) is 0 Å². The van der Waals surface area contributed by atoms with Crippen molar-refractivity contribution in [3.05, 3.63) is 59.7 Å². The summed E-state index contributed by atoms with van der Waals surface area (Å²) in [4.78, 5) is 22.9. The molecule has 102 valence electrons. The molecule has 2 rings (SSSR count). The van der Waals surface area contributed by atoms with Gasteiger partial charge in [0.25, 0.3) is 0 Å². The van der Waals surface area contributed by atoms with Crippen molar-refractivity contribution >= 4 is 11.8 Å². The van der Waals surface area contributed by atoms with E-state index in [1.807, 2.05) is 43.3 Å². The van der Waals surface area contributed by atoms with Crippen LogP contribution in [0.5, 0.6) is 0 Å². The Kier molecular flexibility index (Phi) is 4.31. The number of benzene rings is 2. The number of hydrogen-bond acceptors (Lipinski definition) is 3. The number of rotatable bonds is 4. The molecule has 0 bridgehead atoms. The van der Waals surface area contributed by atoms with Gasteiger partial charge in [0.15, 0.2) is 5.78 Å². The molecule has 0 atom stereocenters. The smallest absolute Gasteiger partial charge is 0.337 e. The number of methoxy groups -OCH3 is 1. The van der Waals surface area contributed by atoms with Crippen molar-refractivity contribution < 1.29 is 14.3 Å². The highest BCUT2D eigenvalue weighted by atomic mass is 16.5. The second-order valence-corrected chi connectivity index (χ2v) is 4.42. The van der Waals surface area contributed by atoms with Crippen molar-refractivity contribution in [3.8, 4) is 11.1 Å². The normalized spacial score (nSPS) is 10.1.